The molecule has 1 heterocycles. The molecule has 2 aromatic carbocycles. The van der Waals surface area contributed by atoms with Crippen LogP contribution in [0.1, 0.15) is 24.1 Å². The Morgan fingerprint density at radius 3 is 2.37 bits per heavy atom. The first-order valence-electron chi connectivity index (χ1n) is 8.49. The number of ether oxygens (including phenoxy) is 1. The summed E-state index contributed by atoms with van der Waals surface area (Å²) in [4.78, 5) is 12.6. The molecule has 0 unspecified atom stereocenters. The third-order valence-electron chi connectivity index (χ3n) is 4.31. The largest absolute Gasteiger partial charge is 0.464 e. The lowest BCUT2D eigenvalue weighted by atomic mass is 10.0. The van der Waals surface area contributed by atoms with E-state index in [1.54, 1.807) is 43.3 Å². The third kappa shape index (κ3) is 3.68. The Bertz CT molecular complexity index is 943. The van der Waals surface area contributed by atoms with Crippen LogP contribution in [0.5, 0.6) is 0 Å². The maximum Gasteiger partial charge on any atom is 0.331 e. The average Bonchev–Trinajstić information content (AvgIpc) is 3.01. The molecule has 0 spiro atoms. The van der Waals surface area contributed by atoms with Crippen LogP contribution < -0.4 is 5.32 Å². The smallest absolute Gasteiger partial charge is 0.331 e. The van der Waals surface area contributed by atoms with E-state index in [1.165, 1.54) is 12.1 Å². The van der Waals surface area contributed by atoms with Crippen LogP contribution >= 0.6 is 12.2 Å². The summed E-state index contributed by atoms with van der Waals surface area (Å²) in [6, 6.07) is 13.7. The fourth-order valence-electron chi connectivity index (χ4n) is 3.02. The summed E-state index contributed by atoms with van der Waals surface area (Å²) < 4.78 is 32.9. The van der Waals surface area contributed by atoms with Gasteiger partial charge in [-0.2, -0.15) is 0 Å². The second-order valence-corrected chi connectivity index (χ2v) is 8.35. The molecule has 6 nitrogen and oxygen atoms in total. The van der Waals surface area contributed by atoms with E-state index in [4.69, 9.17) is 17.0 Å². The maximum atomic E-state index is 13.3. The first-order valence-corrected chi connectivity index (χ1v) is 10.3. The third-order valence-corrected chi connectivity index (χ3v) is 6.53. The van der Waals surface area contributed by atoms with E-state index < -0.39 is 28.1 Å². The lowest BCUT2D eigenvalue weighted by Gasteiger charge is -2.26. The van der Waals surface area contributed by atoms with Gasteiger partial charge < -0.3 is 10.1 Å². The zero-order chi connectivity index (χ0) is 19.6. The molecule has 3 rings (SSSR count). The quantitative estimate of drug-likeness (QED) is 0.610. The molecule has 1 aliphatic heterocycles. The number of benzene rings is 2. The molecule has 0 aromatic heterocycles. The number of hydrogen-bond acceptors (Lipinski definition) is 5. The van der Waals surface area contributed by atoms with E-state index in [0.717, 1.165) is 9.87 Å². The molecule has 0 amide bonds. The monoisotopic (exact) mass is 404 g/mol. The zero-order valence-corrected chi connectivity index (χ0v) is 16.6. The SMILES string of the molecule is CCOC(=O)[C@H]1NC(=S)N(S(=O)(=O)c2ccc(C)cc2)[C@@H]1c1ccccc1. The van der Waals surface area contributed by atoms with Crippen LogP contribution in [0.4, 0.5) is 0 Å². The van der Waals surface area contributed by atoms with Gasteiger partial charge >= 0.3 is 5.97 Å². The van der Waals surface area contributed by atoms with Crippen molar-refractivity contribution in [2.24, 2.45) is 0 Å². The van der Waals surface area contributed by atoms with Gasteiger partial charge in [0, 0.05) is 0 Å². The van der Waals surface area contributed by atoms with Gasteiger partial charge in [0.25, 0.3) is 10.0 Å². The Kier molecular flexibility index (Phi) is 5.48. The first-order chi connectivity index (χ1) is 12.9. The molecule has 2 aromatic rings. The number of carbonyl (C=O) groups excluding carboxylic acids is 1. The summed E-state index contributed by atoms with van der Waals surface area (Å²) in [6.07, 6.45) is 0. The first kappa shape index (κ1) is 19.3. The highest BCUT2D eigenvalue weighted by Crippen LogP contribution is 2.35. The van der Waals surface area contributed by atoms with Gasteiger partial charge in [0.1, 0.15) is 6.04 Å². The van der Waals surface area contributed by atoms with E-state index in [9.17, 15) is 13.2 Å². The molecule has 1 aliphatic rings. The van der Waals surface area contributed by atoms with Crippen molar-refractivity contribution in [3.8, 4) is 0 Å². The van der Waals surface area contributed by atoms with Crippen molar-refractivity contribution >= 4 is 33.3 Å². The molecule has 27 heavy (non-hydrogen) atoms. The molecule has 0 radical (unpaired) electrons. The Morgan fingerprint density at radius 2 is 1.78 bits per heavy atom. The van der Waals surface area contributed by atoms with Gasteiger partial charge in [-0.1, -0.05) is 48.0 Å². The van der Waals surface area contributed by atoms with Crippen molar-refractivity contribution in [1.82, 2.24) is 9.62 Å². The Morgan fingerprint density at radius 1 is 1.15 bits per heavy atom. The van der Waals surface area contributed by atoms with Gasteiger partial charge in [-0.15, -0.1) is 0 Å². The number of nitrogens with one attached hydrogen (secondary N) is 1. The summed E-state index contributed by atoms with van der Waals surface area (Å²) in [5, 5.41) is 2.80. The standard InChI is InChI=1S/C19H20N2O4S2/c1-3-25-18(22)16-17(14-7-5-4-6-8-14)21(19(26)20-16)27(23,24)15-11-9-13(2)10-12-15/h4-12,16-17H,3H2,1-2H3,(H,20,26)/t16-,17+/m0/s1. The highest BCUT2D eigenvalue weighted by Gasteiger charge is 2.48. The van der Waals surface area contributed by atoms with Gasteiger partial charge in [0.05, 0.1) is 11.5 Å². The number of thiocarbonyl (C=S) groups is 1. The van der Waals surface area contributed by atoms with Crippen LogP contribution in [-0.4, -0.2) is 36.5 Å². The second kappa shape index (κ2) is 7.66. The molecule has 1 fully saturated rings. The minimum Gasteiger partial charge on any atom is -0.464 e. The van der Waals surface area contributed by atoms with Crippen molar-refractivity contribution < 1.29 is 17.9 Å². The highest BCUT2D eigenvalue weighted by molar-refractivity contribution is 7.91. The molecule has 2 atom stereocenters. The van der Waals surface area contributed by atoms with Gasteiger partial charge in [-0.3, -0.25) is 0 Å². The molecule has 1 N–H and O–H groups in total. The summed E-state index contributed by atoms with van der Waals surface area (Å²) >= 11 is 5.30. The second-order valence-electron chi connectivity index (χ2n) is 6.15. The van der Waals surface area contributed by atoms with Crippen LogP contribution in [0.15, 0.2) is 59.5 Å². The predicted molar refractivity (Wildman–Crippen MR) is 106 cm³/mol. The number of aryl methyl sites for hydroxylation is 1. The fraction of sp³-hybridized carbons (Fsp3) is 0.263. The molecular weight excluding hydrogens is 384 g/mol. The van der Waals surface area contributed by atoms with Crippen LogP contribution in [0.25, 0.3) is 0 Å². The van der Waals surface area contributed by atoms with E-state index in [-0.39, 0.29) is 16.6 Å². The maximum absolute atomic E-state index is 13.3. The van der Waals surface area contributed by atoms with Crippen molar-refractivity contribution in [3.63, 3.8) is 0 Å². The topological polar surface area (TPSA) is 75.7 Å². The van der Waals surface area contributed by atoms with E-state index >= 15 is 0 Å². The van der Waals surface area contributed by atoms with E-state index in [1.807, 2.05) is 13.0 Å². The van der Waals surface area contributed by atoms with Crippen molar-refractivity contribution in [2.75, 3.05) is 6.61 Å². The summed E-state index contributed by atoms with van der Waals surface area (Å²) in [5.74, 6) is -0.546. The number of hydrogen-bond donors (Lipinski definition) is 1. The molecule has 142 valence electrons. The number of carbonyl (C=O) groups is 1. The molecule has 8 heteroatoms. The Balaban J connectivity index is 2.10. The minimum atomic E-state index is -3.96. The molecule has 0 saturated carbocycles. The highest BCUT2D eigenvalue weighted by atomic mass is 32.2. The zero-order valence-electron chi connectivity index (χ0n) is 15.0. The number of nitrogens with zero attached hydrogens (tertiary/aromatic N) is 1. The van der Waals surface area contributed by atoms with Crippen LogP contribution in [0.2, 0.25) is 0 Å². The van der Waals surface area contributed by atoms with Gasteiger partial charge in [0.15, 0.2) is 11.2 Å². The minimum absolute atomic E-state index is 0.0255. The molecule has 0 bridgehead atoms. The van der Waals surface area contributed by atoms with E-state index in [2.05, 4.69) is 5.32 Å². The van der Waals surface area contributed by atoms with Crippen molar-refractivity contribution in [2.45, 2.75) is 30.8 Å². The van der Waals surface area contributed by atoms with Crippen LogP contribution in [-0.2, 0) is 19.6 Å². The fourth-order valence-corrected chi connectivity index (χ4v) is 5.07. The van der Waals surface area contributed by atoms with Gasteiger partial charge in [-0.05, 0) is 43.8 Å². The van der Waals surface area contributed by atoms with Crippen LogP contribution in [0.3, 0.4) is 0 Å². The summed E-state index contributed by atoms with van der Waals surface area (Å²) in [7, 11) is -3.96. The number of rotatable bonds is 5. The number of esters is 1. The lowest BCUT2D eigenvalue weighted by molar-refractivity contribution is -0.145. The van der Waals surface area contributed by atoms with Gasteiger partial charge in [-0.25, -0.2) is 17.5 Å². The molecule has 1 saturated heterocycles. The summed E-state index contributed by atoms with van der Waals surface area (Å²) in [5.41, 5.74) is 1.60. The summed E-state index contributed by atoms with van der Waals surface area (Å²) in [6.45, 7) is 3.77. The lowest BCUT2D eigenvalue weighted by Crippen LogP contribution is -2.38. The van der Waals surface area contributed by atoms with E-state index in [0.29, 0.717) is 5.56 Å². The van der Waals surface area contributed by atoms with Crippen molar-refractivity contribution in [1.29, 1.82) is 0 Å². The Labute approximate surface area is 164 Å². The average molecular weight is 405 g/mol. The predicted octanol–water partition coefficient (Wildman–Crippen LogP) is 2.55. The van der Waals surface area contributed by atoms with Gasteiger partial charge in [0.2, 0.25) is 0 Å². The normalized spacial score (nSPS) is 19.6. The van der Waals surface area contributed by atoms with Crippen LogP contribution in [0, 0.1) is 6.92 Å². The molecular formula is C19H20N2O4S2. The number of sulfonamides is 1. The Hall–Kier alpha value is -2.45. The molecule has 0 aliphatic carbocycles. The van der Waals surface area contributed by atoms with Crippen molar-refractivity contribution in [3.05, 3.63) is 65.7 Å².